The SMILES string of the molecule is CCN(C(=O)CCCNC(=O)c1ccco1)c1ccc(F)cc1. The Morgan fingerprint density at radius 2 is 1.96 bits per heavy atom. The lowest BCUT2D eigenvalue weighted by Crippen LogP contribution is -2.31. The molecule has 5 nitrogen and oxygen atoms in total. The molecule has 6 heteroatoms. The lowest BCUT2D eigenvalue weighted by atomic mass is 10.2. The summed E-state index contributed by atoms with van der Waals surface area (Å²) in [6.07, 6.45) is 2.24. The molecular formula is C17H19FN2O3. The molecule has 1 heterocycles. The van der Waals surface area contributed by atoms with Gasteiger partial charge in [-0.25, -0.2) is 4.39 Å². The molecule has 0 saturated heterocycles. The van der Waals surface area contributed by atoms with E-state index in [2.05, 4.69) is 5.32 Å². The molecule has 1 aromatic heterocycles. The van der Waals surface area contributed by atoms with Crippen LogP contribution >= 0.6 is 0 Å². The van der Waals surface area contributed by atoms with Crippen LogP contribution in [-0.4, -0.2) is 24.9 Å². The predicted octanol–water partition coefficient (Wildman–Crippen LogP) is 2.98. The van der Waals surface area contributed by atoms with Crippen LogP contribution in [0.4, 0.5) is 10.1 Å². The fourth-order valence-electron chi connectivity index (χ4n) is 2.20. The molecule has 2 rings (SSSR count). The number of carbonyl (C=O) groups is 2. The predicted molar refractivity (Wildman–Crippen MR) is 84.7 cm³/mol. The van der Waals surface area contributed by atoms with Crippen molar-refractivity contribution < 1.29 is 18.4 Å². The lowest BCUT2D eigenvalue weighted by molar-refractivity contribution is -0.118. The van der Waals surface area contributed by atoms with Gasteiger partial charge >= 0.3 is 0 Å². The zero-order valence-corrected chi connectivity index (χ0v) is 12.9. The van der Waals surface area contributed by atoms with Crippen LogP contribution in [-0.2, 0) is 4.79 Å². The second-order valence-electron chi connectivity index (χ2n) is 4.95. The summed E-state index contributed by atoms with van der Waals surface area (Å²) in [4.78, 5) is 25.5. The molecule has 23 heavy (non-hydrogen) atoms. The number of benzene rings is 1. The summed E-state index contributed by atoms with van der Waals surface area (Å²) in [6.45, 7) is 2.75. The van der Waals surface area contributed by atoms with Crippen molar-refractivity contribution >= 4 is 17.5 Å². The van der Waals surface area contributed by atoms with E-state index >= 15 is 0 Å². The zero-order chi connectivity index (χ0) is 16.7. The molecule has 0 radical (unpaired) electrons. The van der Waals surface area contributed by atoms with Crippen molar-refractivity contribution in [3.05, 3.63) is 54.2 Å². The molecule has 2 aromatic rings. The van der Waals surface area contributed by atoms with Crippen molar-refractivity contribution in [3.8, 4) is 0 Å². The molecule has 122 valence electrons. The Morgan fingerprint density at radius 3 is 2.57 bits per heavy atom. The number of anilines is 1. The molecule has 1 N–H and O–H groups in total. The van der Waals surface area contributed by atoms with Crippen LogP contribution in [0, 0.1) is 5.82 Å². The van der Waals surface area contributed by atoms with E-state index in [1.54, 1.807) is 29.2 Å². The number of nitrogens with zero attached hydrogens (tertiary/aromatic N) is 1. The van der Waals surface area contributed by atoms with E-state index in [1.165, 1.54) is 18.4 Å². The Labute approximate surface area is 134 Å². The standard InChI is InChI=1S/C17H19FN2O3/c1-2-20(14-9-7-13(18)8-10-14)16(21)6-3-11-19-17(22)15-5-4-12-23-15/h4-5,7-10,12H,2-3,6,11H2,1H3,(H,19,22). The van der Waals surface area contributed by atoms with Crippen molar-refractivity contribution in [2.75, 3.05) is 18.0 Å². The van der Waals surface area contributed by atoms with Crippen LogP contribution in [0.5, 0.6) is 0 Å². The van der Waals surface area contributed by atoms with Gasteiger partial charge in [0.1, 0.15) is 5.82 Å². The van der Waals surface area contributed by atoms with Gasteiger partial charge in [-0.3, -0.25) is 9.59 Å². The third kappa shape index (κ3) is 4.67. The Kier molecular flexibility index (Phi) is 5.91. The van der Waals surface area contributed by atoms with Crippen LogP contribution in [0.3, 0.4) is 0 Å². The molecule has 1 aromatic carbocycles. The molecule has 0 aliphatic rings. The van der Waals surface area contributed by atoms with Gasteiger partial charge in [0.2, 0.25) is 5.91 Å². The summed E-state index contributed by atoms with van der Waals surface area (Å²) in [5.41, 5.74) is 0.665. The van der Waals surface area contributed by atoms with Gasteiger partial charge in [-0.15, -0.1) is 0 Å². The van der Waals surface area contributed by atoms with Crippen molar-refractivity contribution in [1.29, 1.82) is 0 Å². The monoisotopic (exact) mass is 318 g/mol. The number of halogens is 1. The largest absolute Gasteiger partial charge is 0.459 e. The number of carbonyl (C=O) groups excluding carboxylic acids is 2. The van der Waals surface area contributed by atoms with E-state index in [0.29, 0.717) is 31.6 Å². The Hall–Kier alpha value is -2.63. The van der Waals surface area contributed by atoms with Crippen LogP contribution in [0.2, 0.25) is 0 Å². The second kappa shape index (κ2) is 8.12. The summed E-state index contributed by atoms with van der Waals surface area (Å²) < 4.78 is 17.9. The van der Waals surface area contributed by atoms with Crippen molar-refractivity contribution in [2.45, 2.75) is 19.8 Å². The topological polar surface area (TPSA) is 62.6 Å². The molecule has 0 unspecified atom stereocenters. The first-order chi connectivity index (χ1) is 11.1. The third-order valence-electron chi connectivity index (χ3n) is 3.35. The fourth-order valence-corrected chi connectivity index (χ4v) is 2.20. The number of hydrogen-bond acceptors (Lipinski definition) is 3. The zero-order valence-electron chi connectivity index (χ0n) is 12.9. The summed E-state index contributed by atoms with van der Waals surface area (Å²) in [5, 5.41) is 2.69. The highest BCUT2D eigenvalue weighted by Gasteiger charge is 2.14. The highest BCUT2D eigenvalue weighted by atomic mass is 19.1. The number of amides is 2. The summed E-state index contributed by atoms with van der Waals surface area (Å²) in [7, 11) is 0. The van der Waals surface area contributed by atoms with E-state index in [4.69, 9.17) is 4.42 Å². The summed E-state index contributed by atoms with van der Waals surface area (Å²) in [5.74, 6) is -0.449. The highest BCUT2D eigenvalue weighted by molar-refractivity contribution is 5.93. The maximum Gasteiger partial charge on any atom is 0.286 e. The maximum atomic E-state index is 12.9. The van der Waals surface area contributed by atoms with Crippen molar-refractivity contribution in [3.63, 3.8) is 0 Å². The van der Waals surface area contributed by atoms with E-state index in [0.717, 1.165) is 0 Å². The molecule has 0 atom stereocenters. The van der Waals surface area contributed by atoms with E-state index < -0.39 is 0 Å². The van der Waals surface area contributed by atoms with Crippen LogP contribution in [0.1, 0.15) is 30.3 Å². The third-order valence-corrected chi connectivity index (χ3v) is 3.35. The Bertz CT molecular complexity index is 638. The number of hydrogen-bond donors (Lipinski definition) is 1. The molecule has 2 amide bonds. The minimum atomic E-state index is -0.335. The molecule has 0 aliphatic heterocycles. The van der Waals surface area contributed by atoms with Crippen LogP contribution in [0.25, 0.3) is 0 Å². The van der Waals surface area contributed by atoms with E-state index in [1.807, 2.05) is 6.92 Å². The minimum absolute atomic E-state index is 0.0636. The fraction of sp³-hybridized carbons (Fsp3) is 0.294. The lowest BCUT2D eigenvalue weighted by Gasteiger charge is -2.21. The van der Waals surface area contributed by atoms with E-state index in [-0.39, 0.29) is 23.4 Å². The molecular weight excluding hydrogens is 299 g/mol. The van der Waals surface area contributed by atoms with Crippen LogP contribution < -0.4 is 10.2 Å². The first-order valence-electron chi connectivity index (χ1n) is 7.49. The quantitative estimate of drug-likeness (QED) is 0.798. The number of nitrogens with one attached hydrogen (secondary N) is 1. The van der Waals surface area contributed by atoms with Crippen LogP contribution in [0.15, 0.2) is 47.1 Å². The van der Waals surface area contributed by atoms with Gasteiger partial charge in [0.05, 0.1) is 6.26 Å². The van der Waals surface area contributed by atoms with Gasteiger partial charge in [0.15, 0.2) is 5.76 Å². The van der Waals surface area contributed by atoms with Crippen molar-refractivity contribution in [1.82, 2.24) is 5.32 Å². The van der Waals surface area contributed by atoms with Gasteiger partial charge in [-0.2, -0.15) is 0 Å². The molecule has 0 fully saturated rings. The molecule has 0 aliphatic carbocycles. The molecule has 0 saturated carbocycles. The molecule has 0 spiro atoms. The summed E-state index contributed by atoms with van der Waals surface area (Å²) in [6, 6.07) is 9.03. The van der Waals surface area contributed by atoms with Crippen molar-refractivity contribution in [2.24, 2.45) is 0 Å². The van der Waals surface area contributed by atoms with Gasteiger partial charge in [0, 0.05) is 25.2 Å². The second-order valence-corrected chi connectivity index (χ2v) is 4.95. The van der Waals surface area contributed by atoms with Gasteiger partial charge in [-0.05, 0) is 49.7 Å². The minimum Gasteiger partial charge on any atom is -0.459 e. The number of furan rings is 1. The van der Waals surface area contributed by atoms with Gasteiger partial charge in [-0.1, -0.05) is 0 Å². The highest BCUT2D eigenvalue weighted by Crippen LogP contribution is 2.16. The first kappa shape index (κ1) is 16.7. The van der Waals surface area contributed by atoms with Gasteiger partial charge in [0.25, 0.3) is 5.91 Å². The van der Waals surface area contributed by atoms with E-state index in [9.17, 15) is 14.0 Å². The average Bonchev–Trinajstić information content (AvgIpc) is 3.08. The smallest absolute Gasteiger partial charge is 0.286 e. The molecule has 0 bridgehead atoms. The first-order valence-corrected chi connectivity index (χ1v) is 7.49. The Balaban J connectivity index is 1.79. The summed E-state index contributed by atoms with van der Waals surface area (Å²) >= 11 is 0. The Morgan fingerprint density at radius 1 is 1.22 bits per heavy atom. The normalized spacial score (nSPS) is 10.3. The average molecular weight is 318 g/mol. The maximum absolute atomic E-state index is 12.9. The van der Waals surface area contributed by atoms with Gasteiger partial charge < -0.3 is 14.6 Å². The number of rotatable bonds is 7.